The third-order valence-electron chi connectivity index (χ3n) is 3.47. The standard InChI is InChI=1S/C16H12F3N3O4S/c1-22-7-12(25-2)11(23)6-10(22)14(24)21-15-20-9-4-3-8(5-13(9)27-15)26-16(17,18)19/h3-7H,1-2H3,(H,20,21,24). The SMILES string of the molecule is COc1cn(C)c(C(=O)Nc2nc3ccc(OC(F)(F)F)cc3s2)cc1=O. The summed E-state index contributed by atoms with van der Waals surface area (Å²) < 4.78 is 47.5. The van der Waals surface area contributed by atoms with Gasteiger partial charge in [0.15, 0.2) is 10.9 Å². The number of amides is 1. The molecule has 142 valence electrons. The number of methoxy groups -OCH3 is 1. The number of anilines is 1. The van der Waals surface area contributed by atoms with Gasteiger partial charge in [-0.15, -0.1) is 13.2 Å². The van der Waals surface area contributed by atoms with Crippen LogP contribution in [-0.4, -0.2) is 28.9 Å². The maximum atomic E-state index is 12.4. The van der Waals surface area contributed by atoms with Gasteiger partial charge in [0.2, 0.25) is 5.43 Å². The van der Waals surface area contributed by atoms with Crippen LogP contribution in [0.4, 0.5) is 18.3 Å². The number of alkyl halides is 3. The monoisotopic (exact) mass is 399 g/mol. The summed E-state index contributed by atoms with van der Waals surface area (Å²) in [4.78, 5) is 28.4. The maximum Gasteiger partial charge on any atom is 0.573 e. The van der Waals surface area contributed by atoms with Crippen molar-refractivity contribution in [1.82, 2.24) is 9.55 Å². The van der Waals surface area contributed by atoms with E-state index in [0.29, 0.717) is 10.2 Å². The van der Waals surface area contributed by atoms with Crippen LogP contribution < -0.4 is 20.2 Å². The predicted molar refractivity (Wildman–Crippen MR) is 92.5 cm³/mol. The molecule has 0 bridgehead atoms. The molecule has 0 aliphatic rings. The molecule has 0 saturated heterocycles. The average molecular weight is 399 g/mol. The molecule has 1 aromatic carbocycles. The first-order valence-electron chi connectivity index (χ1n) is 7.38. The number of carbonyl (C=O) groups excluding carboxylic acids is 1. The summed E-state index contributed by atoms with van der Waals surface area (Å²) in [6, 6.07) is 4.79. The smallest absolute Gasteiger partial charge is 0.491 e. The molecule has 11 heteroatoms. The number of halogens is 3. The van der Waals surface area contributed by atoms with Gasteiger partial charge in [-0.3, -0.25) is 14.9 Å². The maximum absolute atomic E-state index is 12.4. The molecule has 2 heterocycles. The molecular weight excluding hydrogens is 387 g/mol. The van der Waals surface area contributed by atoms with Gasteiger partial charge in [-0.05, 0) is 12.1 Å². The van der Waals surface area contributed by atoms with E-state index in [0.717, 1.165) is 23.5 Å². The van der Waals surface area contributed by atoms with Gasteiger partial charge < -0.3 is 14.0 Å². The first-order chi connectivity index (χ1) is 12.7. The van der Waals surface area contributed by atoms with Crippen LogP contribution in [0, 0.1) is 0 Å². The van der Waals surface area contributed by atoms with Gasteiger partial charge in [-0.2, -0.15) is 0 Å². The first kappa shape index (κ1) is 18.7. The lowest BCUT2D eigenvalue weighted by Crippen LogP contribution is -2.21. The summed E-state index contributed by atoms with van der Waals surface area (Å²) >= 11 is 0.976. The molecule has 27 heavy (non-hydrogen) atoms. The Hall–Kier alpha value is -3.08. The molecule has 1 N–H and O–H groups in total. The molecule has 0 fully saturated rings. The van der Waals surface area contributed by atoms with Crippen LogP contribution in [0.3, 0.4) is 0 Å². The van der Waals surface area contributed by atoms with E-state index in [1.54, 1.807) is 7.05 Å². The van der Waals surface area contributed by atoms with Crippen molar-refractivity contribution in [3.05, 3.63) is 46.4 Å². The number of aromatic nitrogens is 2. The van der Waals surface area contributed by atoms with Crippen molar-refractivity contribution in [3.63, 3.8) is 0 Å². The second-order valence-corrected chi connectivity index (χ2v) is 6.38. The molecule has 1 amide bonds. The fraction of sp³-hybridized carbons (Fsp3) is 0.188. The molecule has 3 aromatic rings. The summed E-state index contributed by atoms with van der Waals surface area (Å²) in [5.41, 5.74) is 0.00795. The van der Waals surface area contributed by atoms with Crippen LogP contribution in [0.25, 0.3) is 10.2 Å². The van der Waals surface area contributed by atoms with Crippen molar-refractivity contribution in [3.8, 4) is 11.5 Å². The lowest BCUT2D eigenvalue weighted by atomic mass is 10.3. The molecule has 0 saturated carbocycles. The number of aryl methyl sites for hydroxylation is 1. The van der Waals surface area contributed by atoms with E-state index < -0.39 is 17.7 Å². The van der Waals surface area contributed by atoms with Crippen LogP contribution in [0.15, 0.2) is 35.3 Å². The number of nitrogens with zero attached hydrogens (tertiary/aromatic N) is 2. The van der Waals surface area contributed by atoms with Gasteiger partial charge in [-0.1, -0.05) is 11.3 Å². The van der Waals surface area contributed by atoms with Gasteiger partial charge in [0.1, 0.15) is 11.4 Å². The fourth-order valence-corrected chi connectivity index (χ4v) is 3.19. The highest BCUT2D eigenvalue weighted by molar-refractivity contribution is 7.22. The molecule has 0 aliphatic heterocycles. The Labute approximate surface area is 154 Å². The minimum atomic E-state index is -4.80. The number of pyridine rings is 1. The van der Waals surface area contributed by atoms with Crippen molar-refractivity contribution >= 4 is 32.6 Å². The summed E-state index contributed by atoms with van der Waals surface area (Å²) in [5.74, 6) is -0.886. The van der Waals surface area contributed by atoms with Crippen molar-refractivity contribution in [2.45, 2.75) is 6.36 Å². The average Bonchev–Trinajstić information content (AvgIpc) is 2.96. The number of nitrogens with one attached hydrogen (secondary N) is 1. The number of hydrogen-bond donors (Lipinski definition) is 1. The zero-order valence-corrected chi connectivity index (χ0v) is 14.8. The Bertz CT molecular complexity index is 1070. The topological polar surface area (TPSA) is 82.4 Å². The van der Waals surface area contributed by atoms with E-state index in [1.165, 1.54) is 30.0 Å². The van der Waals surface area contributed by atoms with Gasteiger partial charge in [0.05, 0.1) is 23.5 Å². The summed E-state index contributed by atoms with van der Waals surface area (Å²) in [6.45, 7) is 0. The van der Waals surface area contributed by atoms with E-state index in [-0.39, 0.29) is 22.3 Å². The van der Waals surface area contributed by atoms with Gasteiger partial charge in [-0.25, -0.2) is 4.98 Å². The van der Waals surface area contributed by atoms with E-state index >= 15 is 0 Å². The molecular formula is C16H12F3N3O4S. The zero-order valence-electron chi connectivity index (χ0n) is 14.0. The number of fused-ring (bicyclic) bond motifs is 1. The van der Waals surface area contributed by atoms with Crippen molar-refractivity contribution in [1.29, 1.82) is 0 Å². The Balaban J connectivity index is 1.85. The third kappa shape index (κ3) is 4.19. The normalized spacial score (nSPS) is 11.4. The number of rotatable bonds is 4. The second-order valence-electron chi connectivity index (χ2n) is 5.35. The lowest BCUT2D eigenvalue weighted by Gasteiger charge is -2.09. The largest absolute Gasteiger partial charge is 0.573 e. The summed E-state index contributed by atoms with van der Waals surface area (Å²) in [5, 5.41) is 2.69. The molecule has 7 nitrogen and oxygen atoms in total. The quantitative estimate of drug-likeness (QED) is 0.729. The molecule has 0 unspecified atom stereocenters. The Morgan fingerprint density at radius 2 is 2.04 bits per heavy atom. The van der Waals surface area contributed by atoms with Crippen LogP contribution in [0.5, 0.6) is 11.5 Å². The Morgan fingerprint density at radius 3 is 2.70 bits per heavy atom. The van der Waals surface area contributed by atoms with Crippen LogP contribution in [0.1, 0.15) is 10.5 Å². The van der Waals surface area contributed by atoms with Gasteiger partial charge >= 0.3 is 6.36 Å². The van der Waals surface area contributed by atoms with Crippen molar-refractivity contribution in [2.75, 3.05) is 12.4 Å². The highest BCUT2D eigenvalue weighted by atomic mass is 32.1. The Kier molecular flexibility index (Phi) is 4.79. The van der Waals surface area contributed by atoms with E-state index in [2.05, 4.69) is 15.0 Å². The van der Waals surface area contributed by atoms with Crippen LogP contribution >= 0.6 is 11.3 Å². The van der Waals surface area contributed by atoms with Crippen LogP contribution in [0.2, 0.25) is 0 Å². The van der Waals surface area contributed by atoms with Gasteiger partial charge in [0.25, 0.3) is 5.91 Å². The van der Waals surface area contributed by atoms with E-state index in [1.807, 2.05) is 0 Å². The fourth-order valence-electron chi connectivity index (χ4n) is 2.30. The molecule has 0 spiro atoms. The molecule has 0 radical (unpaired) electrons. The summed E-state index contributed by atoms with van der Waals surface area (Å²) in [6.07, 6.45) is -3.43. The summed E-state index contributed by atoms with van der Waals surface area (Å²) in [7, 11) is 2.91. The lowest BCUT2D eigenvalue weighted by molar-refractivity contribution is -0.274. The van der Waals surface area contributed by atoms with E-state index in [4.69, 9.17) is 4.74 Å². The molecule has 3 rings (SSSR count). The number of benzene rings is 1. The van der Waals surface area contributed by atoms with Crippen molar-refractivity contribution < 1.29 is 27.4 Å². The van der Waals surface area contributed by atoms with Crippen molar-refractivity contribution in [2.24, 2.45) is 7.05 Å². The minimum absolute atomic E-state index is 0.0705. The molecule has 0 atom stereocenters. The highest BCUT2D eigenvalue weighted by Crippen LogP contribution is 2.31. The second kappa shape index (κ2) is 6.91. The highest BCUT2D eigenvalue weighted by Gasteiger charge is 2.31. The third-order valence-corrected chi connectivity index (χ3v) is 4.40. The number of thiazole rings is 1. The van der Waals surface area contributed by atoms with Crippen LogP contribution in [-0.2, 0) is 7.05 Å². The van der Waals surface area contributed by atoms with Gasteiger partial charge in [0, 0.05) is 19.2 Å². The minimum Gasteiger partial charge on any atom is -0.491 e. The number of hydrogen-bond acceptors (Lipinski definition) is 6. The Morgan fingerprint density at radius 1 is 1.30 bits per heavy atom. The zero-order chi connectivity index (χ0) is 19.8. The molecule has 2 aromatic heterocycles. The predicted octanol–water partition coefficient (Wildman–Crippen LogP) is 3.15. The number of ether oxygens (including phenoxy) is 2. The molecule has 0 aliphatic carbocycles. The first-order valence-corrected chi connectivity index (χ1v) is 8.20. The van der Waals surface area contributed by atoms with E-state index in [9.17, 15) is 22.8 Å². The number of carbonyl (C=O) groups is 1.